The lowest BCUT2D eigenvalue weighted by atomic mass is 10.2. The third kappa shape index (κ3) is 5.93. The van der Waals surface area contributed by atoms with Gasteiger partial charge in [0.1, 0.15) is 18.2 Å². The zero-order valence-electron chi connectivity index (χ0n) is 14.7. The van der Waals surface area contributed by atoms with Crippen LogP contribution < -0.4 is 15.0 Å². The van der Waals surface area contributed by atoms with E-state index in [0.29, 0.717) is 23.7 Å². The SMILES string of the molecule is CNC(=O)/C(=C\c1ccc(OCCN(C)c2ccccn2)cc1)SC=O. The Morgan fingerprint density at radius 3 is 2.65 bits per heavy atom. The lowest BCUT2D eigenvalue weighted by molar-refractivity contribution is -0.116. The van der Waals surface area contributed by atoms with E-state index in [2.05, 4.69) is 10.3 Å². The highest BCUT2D eigenvalue weighted by Crippen LogP contribution is 2.19. The van der Waals surface area contributed by atoms with Gasteiger partial charge >= 0.3 is 0 Å². The van der Waals surface area contributed by atoms with Crippen molar-refractivity contribution in [2.45, 2.75) is 0 Å². The molecule has 0 saturated heterocycles. The van der Waals surface area contributed by atoms with Gasteiger partial charge in [-0.2, -0.15) is 0 Å². The fraction of sp³-hybridized carbons (Fsp3) is 0.211. The Kier molecular flexibility index (Phi) is 7.70. The van der Waals surface area contributed by atoms with Crippen LogP contribution in [0.3, 0.4) is 0 Å². The van der Waals surface area contributed by atoms with Crippen molar-refractivity contribution in [1.29, 1.82) is 0 Å². The van der Waals surface area contributed by atoms with E-state index in [4.69, 9.17) is 4.74 Å². The second kappa shape index (κ2) is 10.2. The van der Waals surface area contributed by atoms with E-state index in [1.54, 1.807) is 12.3 Å². The Morgan fingerprint density at radius 1 is 1.27 bits per heavy atom. The molecule has 0 fully saturated rings. The Labute approximate surface area is 157 Å². The molecular weight excluding hydrogens is 350 g/mol. The summed E-state index contributed by atoms with van der Waals surface area (Å²) in [6.45, 7) is 1.22. The number of ether oxygens (including phenoxy) is 1. The number of benzene rings is 1. The third-order valence-electron chi connectivity index (χ3n) is 3.54. The highest BCUT2D eigenvalue weighted by Gasteiger charge is 2.08. The van der Waals surface area contributed by atoms with Crippen LogP contribution in [-0.2, 0) is 9.59 Å². The van der Waals surface area contributed by atoms with Crippen molar-refractivity contribution in [2.24, 2.45) is 0 Å². The van der Waals surface area contributed by atoms with Crippen molar-refractivity contribution in [2.75, 3.05) is 32.1 Å². The van der Waals surface area contributed by atoms with Crippen LogP contribution in [0.4, 0.5) is 5.82 Å². The van der Waals surface area contributed by atoms with Crippen molar-refractivity contribution in [1.82, 2.24) is 10.3 Å². The number of nitrogens with one attached hydrogen (secondary N) is 1. The molecule has 7 heteroatoms. The largest absolute Gasteiger partial charge is 0.492 e. The Morgan fingerprint density at radius 2 is 2.04 bits per heavy atom. The molecule has 1 amide bonds. The monoisotopic (exact) mass is 371 g/mol. The molecule has 1 heterocycles. The van der Waals surface area contributed by atoms with Gasteiger partial charge in [0, 0.05) is 20.3 Å². The van der Waals surface area contributed by atoms with E-state index in [9.17, 15) is 9.59 Å². The number of nitrogens with zero attached hydrogens (tertiary/aromatic N) is 2. The lowest BCUT2D eigenvalue weighted by Crippen LogP contribution is -2.24. The van der Waals surface area contributed by atoms with E-state index in [-0.39, 0.29) is 5.91 Å². The first kappa shape index (κ1) is 19.5. The van der Waals surface area contributed by atoms with Gasteiger partial charge < -0.3 is 15.0 Å². The molecule has 0 spiro atoms. The lowest BCUT2D eigenvalue weighted by Gasteiger charge is -2.18. The first-order valence-electron chi connectivity index (χ1n) is 8.03. The van der Waals surface area contributed by atoms with Gasteiger partial charge in [-0.1, -0.05) is 18.2 Å². The summed E-state index contributed by atoms with van der Waals surface area (Å²) in [5, 5.41) is 2.51. The van der Waals surface area contributed by atoms with E-state index in [0.717, 1.165) is 28.9 Å². The van der Waals surface area contributed by atoms with E-state index in [1.807, 2.05) is 54.4 Å². The molecule has 0 atom stereocenters. The summed E-state index contributed by atoms with van der Waals surface area (Å²) < 4.78 is 5.74. The Hall–Kier alpha value is -2.80. The number of pyridine rings is 1. The van der Waals surface area contributed by atoms with Crippen LogP contribution >= 0.6 is 11.8 Å². The molecule has 136 valence electrons. The molecule has 26 heavy (non-hydrogen) atoms. The molecular formula is C19H21N3O3S. The molecule has 1 aromatic heterocycles. The molecule has 2 aromatic rings. The maximum absolute atomic E-state index is 11.7. The van der Waals surface area contributed by atoms with Crippen LogP contribution in [0.5, 0.6) is 5.75 Å². The summed E-state index contributed by atoms with van der Waals surface area (Å²) in [6, 6.07) is 13.1. The highest BCUT2D eigenvalue weighted by molar-refractivity contribution is 8.16. The molecule has 0 aliphatic carbocycles. The molecule has 2 rings (SSSR count). The predicted molar refractivity (Wildman–Crippen MR) is 106 cm³/mol. The summed E-state index contributed by atoms with van der Waals surface area (Å²) >= 11 is 0.849. The van der Waals surface area contributed by atoms with Gasteiger partial charge in [0.05, 0.1) is 11.4 Å². The minimum atomic E-state index is -0.292. The molecule has 0 unspecified atom stereocenters. The summed E-state index contributed by atoms with van der Waals surface area (Å²) in [4.78, 5) is 29.0. The number of carbonyl (C=O) groups is 2. The number of hydrogen-bond donors (Lipinski definition) is 1. The summed E-state index contributed by atoms with van der Waals surface area (Å²) in [5.74, 6) is 1.34. The van der Waals surface area contributed by atoms with Gasteiger partial charge in [0.2, 0.25) is 0 Å². The fourth-order valence-corrected chi connectivity index (χ4v) is 2.65. The number of hydrogen-bond acceptors (Lipinski definition) is 6. The highest BCUT2D eigenvalue weighted by atomic mass is 32.2. The van der Waals surface area contributed by atoms with Gasteiger partial charge in [-0.3, -0.25) is 9.59 Å². The minimum Gasteiger partial charge on any atom is -0.492 e. The van der Waals surface area contributed by atoms with Crippen molar-refractivity contribution >= 4 is 35.2 Å². The maximum Gasteiger partial charge on any atom is 0.257 e. The zero-order valence-corrected chi connectivity index (χ0v) is 15.5. The maximum atomic E-state index is 11.7. The van der Waals surface area contributed by atoms with Crippen LogP contribution in [-0.4, -0.2) is 43.8 Å². The minimum absolute atomic E-state index is 0.292. The molecule has 0 bridgehead atoms. The summed E-state index contributed by atoms with van der Waals surface area (Å²) in [6.07, 6.45) is 3.42. The predicted octanol–water partition coefficient (Wildman–Crippen LogP) is 2.61. The molecule has 1 N–H and O–H groups in total. The number of amides is 1. The van der Waals surface area contributed by atoms with Gasteiger partial charge in [-0.05, 0) is 47.7 Å². The van der Waals surface area contributed by atoms with Crippen LogP contribution in [0.25, 0.3) is 6.08 Å². The average Bonchev–Trinajstić information content (AvgIpc) is 2.69. The molecule has 6 nitrogen and oxygen atoms in total. The number of aromatic nitrogens is 1. The van der Waals surface area contributed by atoms with Crippen LogP contribution in [0.15, 0.2) is 53.6 Å². The van der Waals surface area contributed by atoms with Gasteiger partial charge in [0.25, 0.3) is 5.91 Å². The van der Waals surface area contributed by atoms with Crippen molar-refractivity contribution in [3.63, 3.8) is 0 Å². The summed E-state index contributed by atoms with van der Waals surface area (Å²) in [7, 11) is 3.49. The van der Waals surface area contributed by atoms with Crippen LogP contribution in [0.2, 0.25) is 0 Å². The smallest absolute Gasteiger partial charge is 0.257 e. The molecule has 0 radical (unpaired) electrons. The number of rotatable bonds is 9. The van der Waals surface area contributed by atoms with E-state index < -0.39 is 0 Å². The number of carbonyl (C=O) groups excluding carboxylic acids is 2. The Balaban J connectivity index is 1.90. The van der Waals surface area contributed by atoms with E-state index >= 15 is 0 Å². The first-order valence-corrected chi connectivity index (χ1v) is 8.91. The van der Waals surface area contributed by atoms with Gasteiger partial charge in [0.15, 0.2) is 5.62 Å². The first-order chi connectivity index (χ1) is 12.6. The van der Waals surface area contributed by atoms with E-state index in [1.165, 1.54) is 7.05 Å². The fourth-order valence-electron chi connectivity index (χ4n) is 2.13. The quantitative estimate of drug-likeness (QED) is 0.540. The molecule has 0 aliphatic heterocycles. The normalized spacial score (nSPS) is 10.9. The molecule has 1 aromatic carbocycles. The summed E-state index contributed by atoms with van der Waals surface area (Å²) in [5.41, 5.74) is 1.45. The standard InChI is InChI=1S/C19H21N3O3S/c1-20-19(24)17(26-14-23)13-15-6-8-16(9-7-15)25-12-11-22(2)18-5-3-4-10-21-18/h3-10,13-14H,11-12H2,1-2H3,(H,20,24)/b17-13+. The topological polar surface area (TPSA) is 71.5 Å². The van der Waals surface area contributed by atoms with Crippen molar-refractivity contribution in [3.05, 3.63) is 59.1 Å². The Bertz CT molecular complexity index is 748. The number of likely N-dealkylation sites (N-methyl/N-ethyl adjacent to an activating group) is 2. The van der Waals surface area contributed by atoms with Crippen LogP contribution in [0, 0.1) is 0 Å². The average molecular weight is 371 g/mol. The molecule has 0 aliphatic rings. The third-order valence-corrected chi connectivity index (χ3v) is 4.19. The van der Waals surface area contributed by atoms with Gasteiger partial charge in [-0.15, -0.1) is 0 Å². The number of anilines is 1. The second-order valence-electron chi connectivity index (χ2n) is 5.33. The zero-order chi connectivity index (χ0) is 18.8. The van der Waals surface area contributed by atoms with Crippen molar-refractivity contribution in [3.8, 4) is 5.75 Å². The molecule has 0 saturated carbocycles. The second-order valence-corrected chi connectivity index (χ2v) is 6.20. The van der Waals surface area contributed by atoms with Crippen molar-refractivity contribution < 1.29 is 14.3 Å². The van der Waals surface area contributed by atoms with Crippen LogP contribution in [0.1, 0.15) is 5.56 Å². The number of thioether (sulfide) groups is 1. The van der Waals surface area contributed by atoms with Gasteiger partial charge in [-0.25, -0.2) is 4.98 Å².